The maximum absolute atomic E-state index is 15.1. The number of likely N-dealkylation sites (tertiary alicyclic amines) is 1. The number of carbonyl (C=O) groups excluding carboxylic acids is 15. The van der Waals surface area contributed by atoms with Gasteiger partial charge in [0.25, 0.3) is 5.91 Å². The Morgan fingerprint density at radius 2 is 1.12 bits per heavy atom. The van der Waals surface area contributed by atoms with Crippen LogP contribution in [-0.2, 0) is 83.1 Å². The van der Waals surface area contributed by atoms with Crippen LogP contribution in [0, 0.1) is 53.3 Å². The van der Waals surface area contributed by atoms with Crippen LogP contribution in [0.1, 0.15) is 215 Å². The van der Waals surface area contributed by atoms with E-state index >= 15 is 9.59 Å². The highest BCUT2D eigenvalue weighted by Gasteiger charge is 2.45. The summed E-state index contributed by atoms with van der Waals surface area (Å²) in [6.07, 6.45) is 1.24. The van der Waals surface area contributed by atoms with E-state index in [0.29, 0.717) is 30.7 Å². The third-order valence-electron chi connectivity index (χ3n) is 21.0. The molecule has 14 amide bonds. The second-order valence-electron chi connectivity index (χ2n) is 32.6. The molecule has 0 bridgehead atoms. The smallest absolute Gasteiger partial charge is 0.329 e. The summed E-state index contributed by atoms with van der Waals surface area (Å²) in [7, 11) is 0. The molecular formula is C81H135N15O17. The molecule has 0 spiro atoms. The van der Waals surface area contributed by atoms with Crippen molar-refractivity contribution in [3.8, 4) is 0 Å². The topological polar surface area (TPSA) is 471 Å². The molecule has 32 heteroatoms. The van der Waals surface area contributed by atoms with Gasteiger partial charge in [-0.15, -0.1) is 0 Å². The van der Waals surface area contributed by atoms with Crippen molar-refractivity contribution in [3.63, 3.8) is 0 Å². The van der Waals surface area contributed by atoms with Gasteiger partial charge in [-0.1, -0.05) is 180 Å². The van der Waals surface area contributed by atoms with E-state index in [2.05, 4.69) is 69.1 Å². The number of aliphatic hydroxyl groups is 1. The van der Waals surface area contributed by atoms with Crippen LogP contribution in [0.2, 0.25) is 0 Å². The van der Waals surface area contributed by atoms with E-state index in [1.807, 2.05) is 27.7 Å². The van der Waals surface area contributed by atoms with Gasteiger partial charge in [0.1, 0.15) is 90.3 Å². The summed E-state index contributed by atoms with van der Waals surface area (Å²) < 4.78 is 5.97. The highest BCUT2D eigenvalue weighted by atomic mass is 16.5. The molecule has 636 valence electrons. The minimum atomic E-state index is -1.84. The molecule has 18 atom stereocenters. The quantitative estimate of drug-likeness (QED) is 0.0336. The summed E-state index contributed by atoms with van der Waals surface area (Å²) in [5.74, 6) is -16.3. The zero-order valence-electron chi connectivity index (χ0n) is 70.5. The number of nitrogens with zero attached hydrogens (tertiary/aromatic N) is 1. The van der Waals surface area contributed by atoms with Crippen molar-refractivity contribution >= 4 is 88.7 Å². The molecule has 0 aromatic heterocycles. The molecule has 113 heavy (non-hydrogen) atoms. The largest absolute Gasteiger partial charge is 0.458 e. The number of benzene rings is 1. The van der Waals surface area contributed by atoms with Gasteiger partial charge in [0, 0.05) is 19.4 Å². The van der Waals surface area contributed by atoms with Crippen molar-refractivity contribution in [1.82, 2.24) is 74.0 Å². The molecule has 2 aliphatic rings. The number of carbonyl (C=O) groups is 15. The Hall–Kier alpha value is -9.07. The number of nitrogens with two attached hydrogens (primary N) is 1. The van der Waals surface area contributed by atoms with Crippen LogP contribution in [0.3, 0.4) is 0 Å². The SMILES string of the molecule is C/C=C1\NC(=O)[C@H](Cc2ccccc2)NC(=O)[C@@H](C(C)C)NC(=O)C([C@H](C)CC)NC(=O)C(NC(=O)[C@H](NC(=O)[C@H](CCCN)NC(=O)[C@H]2CCCN2C(=O)[C@H](NC(=O)[C@@H](NC(=O)[C@@H](NC(=O)[C@H](NC(=O)[C@@H](CC(C)C)NC(=O)CCC(C)CC)C(C)C)[C@@H](C)O)C(C)C)C(C)C)[C@@H](C)CC)C(C)OC(=O)[C@H](C(C)C)NC1=O. The summed E-state index contributed by atoms with van der Waals surface area (Å²) in [6, 6.07) is -9.10. The number of esters is 1. The average Bonchev–Trinajstić information content (AvgIpc) is 1.70. The van der Waals surface area contributed by atoms with Crippen LogP contribution in [0.4, 0.5) is 0 Å². The molecule has 2 fully saturated rings. The Kier molecular flexibility index (Phi) is 41.3. The van der Waals surface area contributed by atoms with E-state index in [4.69, 9.17) is 10.5 Å². The predicted octanol–water partition coefficient (Wildman–Crippen LogP) is 2.37. The first kappa shape index (κ1) is 98.1. The molecule has 4 unspecified atom stereocenters. The number of ether oxygens (including phenoxy) is 1. The van der Waals surface area contributed by atoms with Crippen molar-refractivity contribution < 1.29 is 81.8 Å². The molecule has 0 aliphatic carbocycles. The molecule has 2 saturated heterocycles. The monoisotopic (exact) mass is 1590 g/mol. The Morgan fingerprint density at radius 1 is 0.584 bits per heavy atom. The van der Waals surface area contributed by atoms with Gasteiger partial charge >= 0.3 is 5.97 Å². The predicted molar refractivity (Wildman–Crippen MR) is 427 cm³/mol. The minimum Gasteiger partial charge on any atom is -0.458 e. The number of rotatable bonds is 37. The first-order valence-electron chi connectivity index (χ1n) is 40.5. The van der Waals surface area contributed by atoms with Gasteiger partial charge in [0.05, 0.1) is 6.10 Å². The van der Waals surface area contributed by atoms with E-state index in [1.165, 1.54) is 31.7 Å². The molecule has 0 radical (unpaired) electrons. The summed E-state index contributed by atoms with van der Waals surface area (Å²) in [6.45, 7) is 35.3. The van der Waals surface area contributed by atoms with Gasteiger partial charge < -0.3 is 89.6 Å². The van der Waals surface area contributed by atoms with Crippen molar-refractivity contribution in [2.75, 3.05) is 13.1 Å². The van der Waals surface area contributed by atoms with E-state index in [0.717, 1.165) is 6.42 Å². The molecule has 32 nitrogen and oxygen atoms in total. The number of aliphatic hydroxyl groups excluding tert-OH is 1. The lowest BCUT2D eigenvalue weighted by Gasteiger charge is -2.34. The molecule has 1 aromatic rings. The Labute approximate surface area is 668 Å². The van der Waals surface area contributed by atoms with E-state index in [9.17, 15) is 67.4 Å². The lowest BCUT2D eigenvalue weighted by molar-refractivity contribution is -0.157. The number of hydrogen-bond donors (Lipinski definition) is 15. The summed E-state index contributed by atoms with van der Waals surface area (Å²) in [5.41, 5.74) is 6.35. The van der Waals surface area contributed by atoms with Crippen molar-refractivity contribution in [1.29, 1.82) is 0 Å². The Balaban J connectivity index is 1.98. The number of cyclic esters (lactones) is 1. The van der Waals surface area contributed by atoms with Crippen molar-refractivity contribution in [2.45, 2.75) is 307 Å². The third kappa shape index (κ3) is 30.3. The number of nitrogens with one attached hydrogen (secondary N) is 13. The van der Waals surface area contributed by atoms with Crippen molar-refractivity contribution in [3.05, 3.63) is 47.7 Å². The van der Waals surface area contributed by atoms with Crippen LogP contribution < -0.4 is 74.9 Å². The lowest BCUT2D eigenvalue weighted by atomic mass is 9.95. The zero-order chi connectivity index (χ0) is 85.6. The van der Waals surface area contributed by atoms with Crippen LogP contribution in [-0.4, -0.2) is 203 Å². The van der Waals surface area contributed by atoms with Gasteiger partial charge in [-0.05, 0) is 125 Å². The van der Waals surface area contributed by atoms with Crippen LogP contribution in [0.25, 0.3) is 0 Å². The number of allylic oxidation sites excluding steroid dienone is 1. The van der Waals surface area contributed by atoms with E-state index < -0.39 is 215 Å². The zero-order valence-corrected chi connectivity index (χ0v) is 70.5. The summed E-state index contributed by atoms with van der Waals surface area (Å²) >= 11 is 0. The summed E-state index contributed by atoms with van der Waals surface area (Å²) in [5, 5.41) is 46.2. The molecule has 1 aromatic carbocycles. The molecule has 2 aliphatic heterocycles. The molecule has 3 rings (SSSR count). The maximum Gasteiger partial charge on any atom is 0.329 e. The van der Waals surface area contributed by atoms with Gasteiger partial charge in [-0.3, -0.25) is 67.1 Å². The molecule has 0 saturated carbocycles. The van der Waals surface area contributed by atoms with Crippen LogP contribution in [0.15, 0.2) is 42.1 Å². The Morgan fingerprint density at radius 3 is 1.64 bits per heavy atom. The van der Waals surface area contributed by atoms with Gasteiger partial charge in [0.15, 0.2) is 0 Å². The van der Waals surface area contributed by atoms with Crippen LogP contribution in [0.5, 0.6) is 0 Å². The fraction of sp³-hybridized carbons (Fsp3) is 0.716. The molecule has 16 N–H and O–H groups in total. The van der Waals surface area contributed by atoms with Gasteiger partial charge in [-0.25, -0.2) is 4.79 Å². The van der Waals surface area contributed by atoms with Crippen LogP contribution >= 0.6 is 0 Å². The third-order valence-corrected chi connectivity index (χ3v) is 21.0. The normalized spacial score (nSPS) is 22.3. The molecule has 2 heterocycles. The Bertz CT molecular complexity index is 3420. The van der Waals surface area contributed by atoms with Gasteiger partial charge in [0.2, 0.25) is 76.8 Å². The number of hydrogen-bond acceptors (Lipinski definition) is 18. The highest BCUT2D eigenvalue weighted by molar-refractivity contribution is 6.03. The number of amides is 14. The average molecular weight is 1590 g/mol. The second-order valence-corrected chi connectivity index (χ2v) is 32.6. The van der Waals surface area contributed by atoms with Gasteiger partial charge in [-0.2, -0.15) is 0 Å². The fourth-order valence-corrected chi connectivity index (χ4v) is 13.0. The fourth-order valence-electron chi connectivity index (χ4n) is 13.0. The highest BCUT2D eigenvalue weighted by Crippen LogP contribution is 2.24. The molecular weight excluding hydrogens is 1450 g/mol. The van der Waals surface area contributed by atoms with E-state index in [1.54, 1.807) is 127 Å². The first-order valence-corrected chi connectivity index (χ1v) is 40.5. The second kappa shape index (κ2) is 47.6. The lowest BCUT2D eigenvalue weighted by Crippen LogP contribution is -2.64. The first-order chi connectivity index (χ1) is 53.0. The minimum absolute atomic E-state index is 0.0156. The maximum atomic E-state index is 15.1. The van der Waals surface area contributed by atoms with E-state index in [-0.39, 0.29) is 75.6 Å². The van der Waals surface area contributed by atoms with Crippen molar-refractivity contribution in [2.24, 2.45) is 59.0 Å². The summed E-state index contributed by atoms with van der Waals surface area (Å²) in [4.78, 5) is 217. The standard InChI is InChI=1S/C81H135N15O17/c1-22-47(17)35-36-58(98)83-55(39-41(5)6)71(102)87-60(43(9)10)75(106)94-66(50(20)97)78(109)89-61(44(11)12)74(105)90-62(45(13)14)80(111)96-38-30-34-57(96)72(103)85-54(33-29-37-82)69(100)92-64(48(18)23-2)77(108)95-67-51(21)113-81(112)63(46(15)16)91-68(99)53(25-4)84-70(101)56(40-52-31-27-26-28-32-52)86-73(104)59(42(7)8)88-76(107)65(49(19)24-3)93-79(67)110/h25-28,31-32,41-51,54-57,59-67,97H,22-24,29-30,33-40,82H2,1-21H3,(H,83,98)(H,84,101)(H,85,103)(H,86,104)(H,87,102)(H,88,107)(H,89,109)(H,90,105)(H,91,99)(H,92,100)(H,93,110)(H,94,106)(H,95,108)/b53-25-/t47?,48-,49+,50+,51?,54-,55+,56-,57+,59+,60+,61-,62+,63-,64+,65?,66-,67?/m0/s1.